The van der Waals surface area contributed by atoms with Crippen LogP contribution in [0.5, 0.6) is 0 Å². The summed E-state index contributed by atoms with van der Waals surface area (Å²) in [5.41, 5.74) is 0.860. The highest BCUT2D eigenvalue weighted by Crippen LogP contribution is 2.26. The van der Waals surface area contributed by atoms with Gasteiger partial charge in [0.2, 0.25) is 11.8 Å². The van der Waals surface area contributed by atoms with Gasteiger partial charge in [0.25, 0.3) is 10.0 Å². The Labute approximate surface area is 234 Å². The van der Waals surface area contributed by atoms with Crippen LogP contribution in [-0.4, -0.2) is 49.8 Å². The van der Waals surface area contributed by atoms with Crippen LogP contribution in [0.1, 0.15) is 33.3 Å². The number of nitrogens with zero attached hydrogens (tertiary/aromatic N) is 2. The Morgan fingerprint density at radius 2 is 1.53 bits per heavy atom. The molecular weight excluding hydrogens is 566 g/mol. The van der Waals surface area contributed by atoms with E-state index in [-0.39, 0.29) is 17.3 Å². The van der Waals surface area contributed by atoms with E-state index in [1.165, 1.54) is 17.0 Å². The van der Waals surface area contributed by atoms with E-state index in [1.54, 1.807) is 49.4 Å². The second kappa shape index (κ2) is 12.6. The van der Waals surface area contributed by atoms with Crippen molar-refractivity contribution in [2.45, 2.75) is 50.6 Å². The third-order valence-electron chi connectivity index (χ3n) is 5.86. The van der Waals surface area contributed by atoms with Gasteiger partial charge in [-0.1, -0.05) is 70.5 Å². The van der Waals surface area contributed by atoms with E-state index in [1.807, 2.05) is 51.1 Å². The predicted molar refractivity (Wildman–Crippen MR) is 154 cm³/mol. The van der Waals surface area contributed by atoms with Crippen LogP contribution in [0.4, 0.5) is 5.69 Å². The number of hydrogen-bond donors (Lipinski definition) is 1. The minimum absolute atomic E-state index is 0.0714. The fraction of sp³-hybridized carbons (Fsp3) is 0.310. The summed E-state index contributed by atoms with van der Waals surface area (Å²) in [7, 11) is -4.08. The van der Waals surface area contributed by atoms with Crippen LogP contribution in [-0.2, 0) is 26.0 Å². The first kappa shape index (κ1) is 29.4. The van der Waals surface area contributed by atoms with Gasteiger partial charge in [-0.15, -0.1) is 0 Å². The zero-order chi connectivity index (χ0) is 27.9. The second-order valence-electron chi connectivity index (χ2n) is 10.0. The fourth-order valence-electron chi connectivity index (χ4n) is 3.92. The van der Waals surface area contributed by atoms with E-state index < -0.39 is 34.1 Å². The third kappa shape index (κ3) is 7.91. The molecule has 0 radical (unpaired) electrons. The number of hydrogen-bond acceptors (Lipinski definition) is 4. The molecule has 0 aliphatic carbocycles. The van der Waals surface area contributed by atoms with E-state index in [0.717, 1.165) is 9.87 Å². The zero-order valence-corrected chi connectivity index (χ0v) is 24.5. The summed E-state index contributed by atoms with van der Waals surface area (Å²) >= 11 is 3.40. The molecule has 0 spiro atoms. The molecular formula is C29H34BrN3O4S. The van der Waals surface area contributed by atoms with Gasteiger partial charge < -0.3 is 10.2 Å². The Balaban J connectivity index is 1.97. The maximum atomic E-state index is 13.9. The molecule has 0 fully saturated rings. The van der Waals surface area contributed by atoms with E-state index >= 15 is 0 Å². The van der Waals surface area contributed by atoms with Gasteiger partial charge in [-0.2, -0.15) is 0 Å². The summed E-state index contributed by atoms with van der Waals surface area (Å²) in [6.45, 7) is 7.06. The van der Waals surface area contributed by atoms with Gasteiger partial charge in [-0.05, 0) is 70.0 Å². The number of amides is 2. The lowest BCUT2D eigenvalue weighted by molar-refractivity contribution is -0.139. The van der Waals surface area contributed by atoms with Crippen molar-refractivity contribution in [3.05, 3.63) is 95.0 Å². The highest BCUT2D eigenvalue weighted by atomic mass is 79.9. The Hall–Kier alpha value is -3.17. The molecule has 9 heteroatoms. The van der Waals surface area contributed by atoms with Crippen molar-refractivity contribution in [3.8, 4) is 0 Å². The molecule has 0 heterocycles. The van der Waals surface area contributed by atoms with Gasteiger partial charge in [0.05, 0.1) is 10.6 Å². The molecule has 0 saturated heterocycles. The molecule has 1 N–H and O–H groups in total. The molecule has 3 aromatic rings. The quantitative estimate of drug-likeness (QED) is 0.354. The molecule has 3 rings (SSSR count). The highest BCUT2D eigenvalue weighted by Gasteiger charge is 2.33. The second-order valence-corrected chi connectivity index (χ2v) is 12.8. The lowest BCUT2D eigenvalue weighted by atomic mass is 10.1. The molecule has 0 unspecified atom stereocenters. The van der Waals surface area contributed by atoms with Crippen LogP contribution in [0, 0.1) is 0 Å². The van der Waals surface area contributed by atoms with Crippen LogP contribution in [0.15, 0.2) is 94.3 Å². The smallest absolute Gasteiger partial charge is 0.264 e. The van der Waals surface area contributed by atoms with Gasteiger partial charge >= 0.3 is 0 Å². The molecule has 202 valence electrons. The third-order valence-corrected chi connectivity index (χ3v) is 8.14. The SMILES string of the molecule is C[C@@H](C(=O)NC(C)(C)C)N(CCc1ccccc1)C(=O)CN(c1cccc(Br)c1)S(=O)(=O)c1ccccc1. The molecule has 2 amide bonds. The molecule has 0 saturated carbocycles. The van der Waals surface area contributed by atoms with Crippen LogP contribution in [0.25, 0.3) is 0 Å². The van der Waals surface area contributed by atoms with Crippen molar-refractivity contribution in [1.82, 2.24) is 10.2 Å². The average molecular weight is 601 g/mol. The van der Waals surface area contributed by atoms with Crippen LogP contribution < -0.4 is 9.62 Å². The Bertz CT molecular complexity index is 1340. The Morgan fingerprint density at radius 1 is 0.921 bits per heavy atom. The number of sulfonamides is 1. The van der Waals surface area contributed by atoms with Crippen LogP contribution >= 0.6 is 15.9 Å². The molecule has 0 aliphatic heterocycles. The maximum Gasteiger partial charge on any atom is 0.264 e. The number of carbonyl (C=O) groups excluding carboxylic acids is 2. The Kier molecular flexibility index (Phi) is 9.73. The number of rotatable bonds is 10. The van der Waals surface area contributed by atoms with Gasteiger partial charge in [-0.25, -0.2) is 8.42 Å². The van der Waals surface area contributed by atoms with Crippen molar-refractivity contribution in [3.63, 3.8) is 0 Å². The fourth-order valence-corrected chi connectivity index (χ4v) is 5.74. The van der Waals surface area contributed by atoms with Crippen molar-refractivity contribution in [2.24, 2.45) is 0 Å². The van der Waals surface area contributed by atoms with Crippen LogP contribution in [0.2, 0.25) is 0 Å². The minimum atomic E-state index is -4.08. The average Bonchev–Trinajstić information content (AvgIpc) is 2.87. The van der Waals surface area contributed by atoms with Gasteiger partial charge in [0.15, 0.2) is 0 Å². The normalized spacial score (nSPS) is 12.4. The molecule has 7 nitrogen and oxygen atoms in total. The minimum Gasteiger partial charge on any atom is -0.350 e. The monoisotopic (exact) mass is 599 g/mol. The molecule has 0 aliphatic rings. The summed E-state index contributed by atoms with van der Waals surface area (Å²) in [6, 6.07) is 23.6. The maximum absolute atomic E-state index is 13.9. The number of halogens is 1. The molecule has 0 aromatic heterocycles. The van der Waals surface area contributed by atoms with Gasteiger partial charge in [-0.3, -0.25) is 13.9 Å². The zero-order valence-electron chi connectivity index (χ0n) is 22.1. The number of nitrogens with one attached hydrogen (secondary N) is 1. The summed E-state index contributed by atoms with van der Waals surface area (Å²) in [5, 5.41) is 2.93. The van der Waals surface area contributed by atoms with E-state index in [0.29, 0.717) is 16.6 Å². The van der Waals surface area contributed by atoms with Crippen LogP contribution in [0.3, 0.4) is 0 Å². The number of carbonyl (C=O) groups is 2. The number of benzene rings is 3. The molecule has 38 heavy (non-hydrogen) atoms. The van der Waals surface area contributed by atoms with Crippen molar-refractivity contribution in [2.75, 3.05) is 17.4 Å². The Morgan fingerprint density at radius 3 is 2.11 bits per heavy atom. The highest BCUT2D eigenvalue weighted by molar-refractivity contribution is 9.10. The molecule has 1 atom stereocenters. The largest absolute Gasteiger partial charge is 0.350 e. The summed E-state index contributed by atoms with van der Waals surface area (Å²) < 4.78 is 29.2. The predicted octanol–water partition coefficient (Wildman–Crippen LogP) is 5.02. The van der Waals surface area contributed by atoms with Gasteiger partial charge in [0, 0.05) is 16.6 Å². The lowest BCUT2D eigenvalue weighted by Crippen LogP contribution is -2.55. The molecule has 3 aromatic carbocycles. The van der Waals surface area contributed by atoms with Gasteiger partial charge in [0.1, 0.15) is 12.6 Å². The first-order valence-electron chi connectivity index (χ1n) is 12.4. The standard InChI is InChI=1S/C29H34BrN3O4S/c1-22(28(35)31-29(2,3)4)32(19-18-23-12-7-5-8-13-23)27(34)21-33(25-15-11-14-24(30)20-25)38(36,37)26-16-9-6-10-17-26/h5-17,20,22H,18-19,21H2,1-4H3,(H,31,35)/t22-/m0/s1. The first-order valence-corrected chi connectivity index (χ1v) is 14.6. The van der Waals surface area contributed by atoms with Crippen molar-refractivity contribution >= 4 is 43.5 Å². The molecule has 0 bridgehead atoms. The lowest BCUT2D eigenvalue weighted by Gasteiger charge is -2.33. The van der Waals surface area contributed by atoms with Crippen molar-refractivity contribution in [1.29, 1.82) is 0 Å². The summed E-state index contributed by atoms with van der Waals surface area (Å²) in [5.74, 6) is -0.782. The summed E-state index contributed by atoms with van der Waals surface area (Å²) in [6.07, 6.45) is 0.516. The summed E-state index contributed by atoms with van der Waals surface area (Å²) in [4.78, 5) is 28.5. The first-order chi connectivity index (χ1) is 17.9. The van der Waals surface area contributed by atoms with E-state index in [4.69, 9.17) is 0 Å². The topological polar surface area (TPSA) is 86.8 Å². The van der Waals surface area contributed by atoms with E-state index in [9.17, 15) is 18.0 Å². The van der Waals surface area contributed by atoms with Crippen molar-refractivity contribution < 1.29 is 18.0 Å². The van der Waals surface area contributed by atoms with E-state index in [2.05, 4.69) is 21.2 Å². The number of anilines is 1.